The molecule has 0 saturated carbocycles. The van der Waals surface area contributed by atoms with E-state index in [1.807, 2.05) is 48.5 Å². The Hall–Kier alpha value is -1.59. The highest BCUT2D eigenvalue weighted by Gasteiger charge is 2.16. The van der Waals surface area contributed by atoms with Crippen molar-refractivity contribution >= 4 is 37.7 Å². The Kier molecular flexibility index (Phi) is 3.63. The third-order valence-electron chi connectivity index (χ3n) is 3.06. The number of aromatic nitrogens is 2. The van der Waals surface area contributed by atoms with Crippen LogP contribution < -0.4 is 5.73 Å². The number of nitrogens with zero attached hydrogens (tertiary/aromatic N) is 1. The molecule has 2 aromatic carbocycles. The van der Waals surface area contributed by atoms with Crippen molar-refractivity contribution < 1.29 is 0 Å². The van der Waals surface area contributed by atoms with E-state index in [2.05, 4.69) is 42.1 Å². The van der Waals surface area contributed by atoms with Gasteiger partial charge in [-0.3, -0.25) is 5.10 Å². The van der Waals surface area contributed by atoms with Gasteiger partial charge in [0, 0.05) is 14.5 Å². The number of hydrogen-bond donors (Lipinski definition) is 2. The van der Waals surface area contributed by atoms with E-state index in [0.717, 1.165) is 31.3 Å². The number of rotatable bonds is 2. The van der Waals surface area contributed by atoms with Gasteiger partial charge in [0.2, 0.25) is 0 Å². The van der Waals surface area contributed by atoms with Crippen molar-refractivity contribution in [3.63, 3.8) is 0 Å². The molecule has 20 heavy (non-hydrogen) atoms. The van der Waals surface area contributed by atoms with Crippen molar-refractivity contribution in [3.05, 3.63) is 57.5 Å². The number of halogens is 2. The van der Waals surface area contributed by atoms with Gasteiger partial charge < -0.3 is 5.73 Å². The number of nitrogen functional groups attached to an aromatic ring is 1. The highest BCUT2D eigenvalue weighted by atomic mass is 79.9. The summed E-state index contributed by atoms with van der Waals surface area (Å²) in [6.07, 6.45) is 0. The maximum Gasteiger partial charge on any atom is 0.153 e. The standard InChI is InChI=1S/C15H11Br2N3/c16-10-6-7-11(12(17)8-10)14-13(15(18)20-19-14)9-4-2-1-3-5-9/h1-8H,(H3,18,19,20). The van der Waals surface area contributed by atoms with Gasteiger partial charge in [-0.25, -0.2) is 0 Å². The first kappa shape index (κ1) is 13.4. The molecule has 100 valence electrons. The van der Waals surface area contributed by atoms with E-state index in [-0.39, 0.29) is 0 Å². The van der Waals surface area contributed by atoms with Crippen molar-refractivity contribution in [2.75, 3.05) is 5.73 Å². The molecule has 3 nitrogen and oxygen atoms in total. The molecule has 5 heteroatoms. The Morgan fingerprint density at radius 1 is 1.00 bits per heavy atom. The summed E-state index contributed by atoms with van der Waals surface area (Å²) < 4.78 is 1.99. The fourth-order valence-corrected chi connectivity index (χ4v) is 3.39. The number of anilines is 1. The van der Waals surface area contributed by atoms with Gasteiger partial charge in [0.05, 0.1) is 11.3 Å². The molecule has 1 heterocycles. The largest absolute Gasteiger partial charge is 0.382 e. The number of H-pyrrole nitrogens is 1. The van der Waals surface area contributed by atoms with E-state index >= 15 is 0 Å². The van der Waals surface area contributed by atoms with Crippen LogP contribution >= 0.6 is 31.9 Å². The summed E-state index contributed by atoms with van der Waals surface area (Å²) in [5.41, 5.74) is 9.93. The Morgan fingerprint density at radius 3 is 2.45 bits per heavy atom. The normalized spacial score (nSPS) is 10.7. The topological polar surface area (TPSA) is 54.7 Å². The molecule has 0 unspecified atom stereocenters. The van der Waals surface area contributed by atoms with Gasteiger partial charge in [0.1, 0.15) is 0 Å². The highest BCUT2D eigenvalue weighted by molar-refractivity contribution is 9.11. The molecular weight excluding hydrogens is 382 g/mol. The van der Waals surface area contributed by atoms with Crippen LogP contribution in [0.5, 0.6) is 0 Å². The molecule has 0 saturated heterocycles. The van der Waals surface area contributed by atoms with E-state index in [4.69, 9.17) is 5.73 Å². The molecule has 0 spiro atoms. The molecule has 0 aliphatic heterocycles. The minimum absolute atomic E-state index is 0.501. The minimum atomic E-state index is 0.501. The van der Waals surface area contributed by atoms with Gasteiger partial charge in [0.25, 0.3) is 0 Å². The quantitative estimate of drug-likeness (QED) is 0.654. The lowest BCUT2D eigenvalue weighted by atomic mass is 10.0. The van der Waals surface area contributed by atoms with Crippen LogP contribution in [0.2, 0.25) is 0 Å². The van der Waals surface area contributed by atoms with Crippen LogP contribution in [0.25, 0.3) is 22.4 Å². The van der Waals surface area contributed by atoms with Gasteiger partial charge in [-0.15, -0.1) is 0 Å². The summed E-state index contributed by atoms with van der Waals surface area (Å²) in [5, 5.41) is 7.18. The number of nitrogens with two attached hydrogens (primary N) is 1. The van der Waals surface area contributed by atoms with Crippen LogP contribution in [-0.2, 0) is 0 Å². The van der Waals surface area contributed by atoms with Crippen LogP contribution in [0.1, 0.15) is 0 Å². The van der Waals surface area contributed by atoms with Crippen LogP contribution in [0.3, 0.4) is 0 Å². The molecule has 0 fully saturated rings. The summed E-state index contributed by atoms with van der Waals surface area (Å²) in [6.45, 7) is 0. The Labute approximate surface area is 133 Å². The number of hydrogen-bond acceptors (Lipinski definition) is 2. The predicted octanol–water partition coefficient (Wildman–Crippen LogP) is 4.85. The molecule has 0 aliphatic carbocycles. The molecule has 0 aliphatic rings. The average Bonchev–Trinajstić information content (AvgIpc) is 2.81. The SMILES string of the molecule is Nc1n[nH]c(-c2ccc(Br)cc2Br)c1-c1ccccc1. The zero-order valence-electron chi connectivity index (χ0n) is 10.4. The van der Waals surface area contributed by atoms with Gasteiger partial charge in [-0.05, 0) is 17.7 Å². The summed E-state index contributed by atoms with van der Waals surface area (Å²) >= 11 is 7.04. The van der Waals surface area contributed by atoms with Gasteiger partial charge in [-0.1, -0.05) is 68.3 Å². The lowest BCUT2D eigenvalue weighted by molar-refractivity contribution is 1.10. The van der Waals surface area contributed by atoms with E-state index in [1.54, 1.807) is 0 Å². The van der Waals surface area contributed by atoms with E-state index in [9.17, 15) is 0 Å². The summed E-state index contributed by atoms with van der Waals surface area (Å²) in [7, 11) is 0. The Balaban J connectivity index is 2.21. The maximum atomic E-state index is 6.02. The lowest BCUT2D eigenvalue weighted by Gasteiger charge is -2.07. The number of benzene rings is 2. The van der Waals surface area contributed by atoms with Crippen molar-refractivity contribution in [1.82, 2.24) is 10.2 Å². The van der Waals surface area contributed by atoms with E-state index in [0.29, 0.717) is 5.82 Å². The zero-order chi connectivity index (χ0) is 14.1. The highest BCUT2D eigenvalue weighted by Crippen LogP contribution is 2.38. The minimum Gasteiger partial charge on any atom is -0.382 e. The molecular formula is C15H11Br2N3. The molecule has 0 amide bonds. The molecule has 3 N–H and O–H groups in total. The second-order valence-electron chi connectivity index (χ2n) is 4.35. The summed E-state index contributed by atoms with van der Waals surface area (Å²) in [4.78, 5) is 0. The number of nitrogens with one attached hydrogen (secondary N) is 1. The van der Waals surface area contributed by atoms with Crippen LogP contribution in [0.4, 0.5) is 5.82 Å². The fourth-order valence-electron chi connectivity index (χ4n) is 2.14. The third kappa shape index (κ3) is 2.39. The Morgan fingerprint density at radius 2 is 1.75 bits per heavy atom. The predicted molar refractivity (Wildman–Crippen MR) is 89.3 cm³/mol. The molecule has 0 atom stereocenters. The number of aromatic amines is 1. The first-order chi connectivity index (χ1) is 9.66. The first-order valence-corrected chi connectivity index (χ1v) is 7.60. The summed E-state index contributed by atoms with van der Waals surface area (Å²) in [5.74, 6) is 0.501. The molecule has 0 radical (unpaired) electrons. The first-order valence-electron chi connectivity index (χ1n) is 6.01. The lowest BCUT2D eigenvalue weighted by Crippen LogP contribution is -1.89. The molecule has 0 bridgehead atoms. The van der Waals surface area contributed by atoms with Crippen molar-refractivity contribution in [3.8, 4) is 22.4 Å². The van der Waals surface area contributed by atoms with Crippen molar-refractivity contribution in [2.24, 2.45) is 0 Å². The van der Waals surface area contributed by atoms with Crippen LogP contribution in [0.15, 0.2) is 57.5 Å². The summed E-state index contributed by atoms with van der Waals surface area (Å²) in [6, 6.07) is 16.0. The Bertz CT molecular complexity index is 751. The van der Waals surface area contributed by atoms with Gasteiger partial charge in [0.15, 0.2) is 5.82 Å². The van der Waals surface area contributed by atoms with Gasteiger partial charge in [-0.2, -0.15) is 5.10 Å². The van der Waals surface area contributed by atoms with Crippen LogP contribution in [-0.4, -0.2) is 10.2 Å². The third-order valence-corrected chi connectivity index (χ3v) is 4.21. The fraction of sp³-hybridized carbons (Fsp3) is 0. The molecule has 1 aromatic heterocycles. The van der Waals surface area contributed by atoms with E-state index < -0.39 is 0 Å². The second-order valence-corrected chi connectivity index (χ2v) is 6.12. The van der Waals surface area contributed by atoms with E-state index in [1.165, 1.54) is 0 Å². The van der Waals surface area contributed by atoms with Crippen molar-refractivity contribution in [1.29, 1.82) is 0 Å². The zero-order valence-corrected chi connectivity index (χ0v) is 13.6. The monoisotopic (exact) mass is 391 g/mol. The second kappa shape index (κ2) is 5.42. The molecule has 3 rings (SSSR count). The molecule has 3 aromatic rings. The van der Waals surface area contributed by atoms with Crippen LogP contribution in [0, 0.1) is 0 Å². The van der Waals surface area contributed by atoms with Crippen molar-refractivity contribution in [2.45, 2.75) is 0 Å². The smallest absolute Gasteiger partial charge is 0.153 e. The van der Waals surface area contributed by atoms with Gasteiger partial charge >= 0.3 is 0 Å². The average molecular weight is 393 g/mol. The maximum absolute atomic E-state index is 6.02.